The number of hydrogen-bond donors (Lipinski definition) is 1. The van der Waals surface area contributed by atoms with Crippen LogP contribution in [0.25, 0.3) is 0 Å². The Labute approximate surface area is 154 Å². The molecule has 4 nitrogen and oxygen atoms in total. The van der Waals surface area contributed by atoms with Crippen LogP contribution in [0.4, 0.5) is 13.2 Å². The van der Waals surface area contributed by atoms with Gasteiger partial charge in [-0.3, -0.25) is 4.79 Å². The van der Waals surface area contributed by atoms with Crippen molar-refractivity contribution in [3.05, 3.63) is 64.7 Å². The van der Waals surface area contributed by atoms with Gasteiger partial charge in [-0.1, -0.05) is 29.8 Å². The molecule has 0 heterocycles. The molecule has 0 spiro atoms. The van der Waals surface area contributed by atoms with E-state index in [0.717, 1.165) is 17.7 Å². The predicted molar refractivity (Wildman–Crippen MR) is 93.3 cm³/mol. The zero-order chi connectivity index (χ0) is 19.3. The van der Waals surface area contributed by atoms with Crippen LogP contribution in [-0.4, -0.2) is 37.8 Å². The standard InChI is InChI=1S/C18H18ClF3N2O2/c1-24(2)16(14-5-3-4-6-15(14)19)11-23-17(25)12-7-9-13(10-8-12)26-18(20,21)22/h3-10,16H,11H2,1-2H3,(H,23,25)/t16-/m0/s1. The second kappa shape index (κ2) is 8.42. The predicted octanol–water partition coefficient (Wildman–Crippen LogP) is 4.27. The molecule has 0 unspecified atom stereocenters. The second-order valence-corrected chi connectivity index (χ2v) is 6.19. The molecule has 2 aromatic rings. The molecule has 1 N–H and O–H groups in total. The summed E-state index contributed by atoms with van der Waals surface area (Å²) < 4.78 is 40.3. The third-order valence-corrected chi connectivity index (χ3v) is 4.04. The van der Waals surface area contributed by atoms with Crippen LogP contribution in [0.5, 0.6) is 5.75 Å². The van der Waals surface area contributed by atoms with E-state index in [0.29, 0.717) is 5.02 Å². The van der Waals surface area contributed by atoms with Gasteiger partial charge in [-0.15, -0.1) is 13.2 Å². The molecule has 26 heavy (non-hydrogen) atoms. The highest BCUT2D eigenvalue weighted by molar-refractivity contribution is 6.31. The minimum Gasteiger partial charge on any atom is -0.406 e. The molecule has 0 aliphatic rings. The molecule has 2 rings (SSSR count). The Balaban J connectivity index is 2.03. The molecule has 1 atom stereocenters. The topological polar surface area (TPSA) is 41.6 Å². The Bertz CT molecular complexity index is 749. The molecule has 0 aliphatic heterocycles. The van der Waals surface area contributed by atoms with Gasteiger partial charge in [0.1, 0.15) is 5.75 Å². The molecule has 0 bridgehead atoms. The summed E-state index contributed by atoms with van der Waals surface area (Å²) in [4.78, 5) is 14.2. The average Bonchev–Trinajstić information content (AvgIpc) is 2.55. The van der Waals surface area contributed by atoms with Gasteiger partial charge in [-0.25, -0.2) is 0 Å². The summed E-state index contributed by atoms with van der Waals surface area (Å²) in [6.45, 7) is 0.288. The van der Waals surface area contributed by atoms with Gasteiger partial charge in [0.05, 0.1) is 6.04 Å². The maximum absolute atomic E-state index is 12.3. The van der Waals surface area contributed by atoms with Gasteiger partial charge >= 0.3 is 6.36 Å². The first kappa shape index (κ1) is 20.1. The first-order valence-corrected chi connectivity index (χ1v) is 8.10. The van der Waals surface area contributed by atoms with Crippen LogP contribution in [0.1, 0.15) is 22.0 Å². The van der Waals surface area contributed by atoms with Gasteiger partial charge in [-0.2, -0.15) is 0 Å². The number of likely N-dealkylation sites (N-methyl/N-ethyl adjacent to an activating group) is 1. The lowest BCUT2D eigenvalue weighted by atomic mass is 10.1. The van der Waals surface area contributed by atoms with E-state index < -0.39 is 12.3 Å². The van der Waals surface area contributed by atoms with Gasteiger partial charge in [0.15, 0.2) is 0 Å². The summed E-state index contributed by atoms with van der Waals surface area (Å²) in [5.41, 5.74) is 1.10. The lowest BCUT2D eigenvalue weighted by Gasteiger charge is -2.26. The van der Waals surface area contributed by atoms with E-state index in [9.17, 15) is 18.0 Å². The number of hydrogen-bond acceptors (Lipinski definition) is 3. The van der Waals surface area contributed by atoms with Gasteiger partial charge in [0, 0.05) is 17.1 Å². The van der Waals surface area contributed by atoms with Gasteiger partial charge < -0.3 is 15.0 Å². The van der Waals surface area contributed by atoms with Crippen LogP contribution in [0.2, 0.25) is 5.02 Å². The fourth-order valence-corrected chi connectivity index (χ4v) is 2.68. The quantitative estimate of drug-likeness (QED) is 0.806. The van der Waals surface area contributed by atoms with Gasteiger partial charge in [0.2, 0.25) is 0 Å². The minimum atomic E-state index is -4.77. The number of benzene rings is 2. The van der Waals surface area contributed by atoms with E-state index in [2.05, 4.69) is 10.1 Å². The number of carbonyl (C=O) groups excluding carboxylic acids is 1. The molecule has 140 valence electrons. The van der Waals surface area contributed by atoms with E-state index in [1.165, 1.54) is 12.1 Å². The van der Waals surface area contributed by atoms with E-state index in [-0.39, 0.29) is 23.9 Å². The Morgan fingerprint density at radius 3 is 2.31 bits per heavy atom. The molecular formula is C18H18ClF3N2O2. The zero-order valence-electron chi connectivity index (χ0n) is 14.2. The number of amides is 1. The van der Waals surface area contributed by atoms with Crippen LogP contribution in [-0.2, 0) is 0 Å². The monoisotopic (exact) mass is 386 g/mol. The van der Waals surface area contributed by atoms with E-state index in [1.54, 1.807) is 6.07 Å². The highest BCUT2D eigenvalue weighted by Gasteiger charge is 2.31. The van der Waals surface area contributed by atoms with Crippen molar-refractivity contribution in [2.24, 2.45) is 0 Å². The first-order chi connectivity index (χ1) is 12.2. The van der Waals surface area contributed by atoms with Gasteiger partial charge in [0.25, 0.3) is 5.91 Å². The molecule has 0 fully saturated rings. The third-order valence-electron chi connectivity index (χ3n) is 3.69. The number of carbonyl (C=O) groups is 1. The second-order valence-electron chi connectivity index (χ2n) is 5.78. The summed E-state index contributed by atoms with van der Waals surface area (Å²) in [6.07, 6.45) is -4.77. The van der Waals surface area contributed by atoms with Crippen molar-refractivity contribution < 1.29 is 22.7 Å². The highest BCUT2D eigenvalue weighted by Crippen LogP contribution is 2.26. The van der Waals surface area contributed by atoms with Crippen molar-refractivity contribution in [1.29, 1.82) is 0 Å². The first-order valence-electron chi connectivity index (χ1n) is 7.72. The van der Waals surface area contributed by atoms with E-state index >= 15 is 0 Å². The Hall–Kier alpha value is -2.25. The molecule has 0 saturated heterocycles. The number of nitrogens with one attached hydrogen (secondary N) is 1. The molecule has 0 saturated carbocycles. The molecule has 0 aliphatic carbocycles. The SMILES string of the molecule is CN(C)[C@@H](CNC(=O)c1ccc(OC(F)(F)F)cc1)c1ccccc1Cl. The van der Waals surface area contributed by atoms with Crippen LogP contribution in [0, 0.1) is 0 Å². The molecule has 8 heteroatoms. The van der Waals surface area contributed by atoms with Crippen LogP contribution >= 0.6 is 11.6 Å². The summed E-state index contributed by atoms with van der Waals surface area (Å²) in [5, 5.41) is 3.36. The summed E-state index contributed by atoms with van der Waals surface area (Å²) >= 11 is 6.22. The summed E-state index contributed by atoms with van der Waals surface area (Å²) in [6, 6.07) is 11.9. The summed E-state index contributed by atoms with van der Waals surface area (Å²) in [5.74, 6) is -0.779. The number of rotatable bonds is 6. The molecular weight excluding hydrogens is 369 g/mol. The van der Waals surface area contributed by atoms with Crippen molar-refractivity contribution in [3.8, 4) is 5.75 Å². The molecule has 0 radical (unpaired) electrons. The minimum absolute atomic E-state index is 0.152. The molecule has 0 aromatic heterocycles. The van der Waals surface area contributed by atoms with Crippen molar-refractivity contribution in [2.45, 2.75) is 12.4 Å². The number of halogens is 4. The van der Waals surface area contributed by atoms with E-state index in [4.69, 9.17) is 11.6 Å². The molecule has 1 amide bonds. The fraction of sp³-hybridized carbons (Fsp3) is 0.278. The average molecular weight is 387 g/mol. The van der Waals surface area contributed by atoms with Crippen LogP contribution in [0.3, 0.4) is 0 Å². The largest absolute Gasteiger partial charge is 0.573 e. The van der Waals surface area contributed by atoms with Crippen LogP contribution in [0.15, 0.2) is 48.5 Å². The van der Waals surface area contributed by atoms with Crippen molar-refractivity contribution in [3.63, 3.8) is 0 Å². The van der Waals surface area contributed by atoms with Crippen LogP contribution < -0.4 is 10.1 Å². The van der Waals surface area contributed by atoms with Crippen molar-refractivity contribution >= 4 is 17.5 Å². The van der Waals surface area contributed by atoms with Crippen molar-refractivity contribution in [1.82, 2.24) is 10.2 Å². The Kier molecular flexibility index (Phi) is 6.50. The number of alkyl halides is 3. The smallest absolute Gasteiger partial charge is 0.406 e. The van der Waals surface area contributed by atoms with Gasteiger partial charge in [-0.05, 0) is 50.0 Å². The Morgan fingerprint density at radius 1 is 1.15 bits per heavy atom. The van der Waals surface area contributed by atoms with E-state index in [1.807, 2.05) is 37.2 Å². The lowest BCUT2D eigenvalue weighted by Crippen LogP contribution is -2.34. The number of nitrogens with zero attached hydrogens (tertiary/aromatic N) is 1. The number of ether oxygens (including phenoxy) is 1. The lowest BCUT2D eigenvalue weighted by molar-refractivity contribution is -0.274. The fourth-order valence-electron chi connectivity index (χ4n) is 2.42. The normalized spacial score (nSPS) is 12.7. The molecule has 2 aromatic carbocycles. The maximum atomic E-state index is 12.3. The highest BCUT2D eigenvalue weighted by atomic mass is 35.5. The summed E-state index contributed by atoms with van der Waals surface area (Å²) in [7, 11) is 3.73. The third kappa shape index (κ3) is 5.64. The Morgan fingerprint density at radius 2 is 1.77 bits per heavy atom. The van der Waals surface area contributed by atoms with Crippen molar-refractivity contribution in [2.75, 3.05) is 20.6 Å². The maximum Gasteiger partial charge on any atom is 0.573 e. The zero-order valence-corrected chi connectivity index (χ0v) is 14.9.